The molecule has 0 unspecified atom stereocenters. The summed E-state index contributed by atoms with van der Waals surface area (Å²) in [5.41, 5.74) is 12.3. The van der Waals surface area contributed by atoms with Gasteiger partial charge in [-0.1, -0.05) is 27.5 Å². The van der Waals surface area contributed by atoms with E-state index in [0.717, 1.165) is 16.5 Å². The molecule has 1 aromatic carbocycles. The van der Waals surface area contributed by atoms with Crippen molar-refractivity contribution in [3.05, 3.63) is 33.3 Å². The highest BCUT2D eigenvalue weighted by atomic mass is 79.9. The monoisotopic (exact) mass is 298 g/mol. The Morgan fingerprint density at radius 1 is 1.43 bits per heavy atom. The van der Waals surface area contributed by atoms with Gasteiger partial charge in [0.1, 0.15) is 0 Å². The normalized spacial score (nSPS) is 12.0. The summed E-state index contributed by atoms with van der Waals surface area (Å²) >= 11 is 9.36. The van der Waals surface area contributed by atoms with Crippen LogP contribution in [0.25, 0.3) is 0 Å². The van der Waals surface area contributed by atoms with E-state index in [9.17, 15) is 0 Å². The zero-order valence-corrected chi connectivity index (χ0v) is 10.7. The van der Waals surface area contributed by atoms with Crippen LogP contribution >= 0.6 is 39.9 Å². The van der Waals surface area contributed by atoms with Crippen molar-refractivity contribution in [2.75, 3.05) is 6.54 Å². The van der Waals surface area contributed by atoms with E-state index in [4.69, 9.17) is 23.1 Å². The molecule has 2 nitrogen and oxygen atoms in total. The fraction of sp³-hybridized carbons (Fsp3) is 0.333. The highest BCUT2D eigenvalue weighted by Crippen LogP contribution is 2.26. The lowest BCUT2D eigenvalue weighted by Gasteiger charge is -2.12. The van der Waals surface area contributed by atoms with Crippen LogP contribution in [0.3, 0.4) is 0 Å². The summed E-state index contributed by atoms with van der Waals surface area (Å²) in [6.07, 6.45) is 0.746. The minimum atomic E-state index is -0.0741. The maximum absolute atomic E-state index is 5.99. The fourth-order valence-electron chi connectivity index (χ4n) is 1.13. The van der Waals surface area contributed by atoms with Crippen LogP contribution in [-0.4, -0.2) is 6.54 Å². The van der Waals surface area contributed by atoms with Gasteiger partial charge in [-0.3, -0.25) is 0 Å². The number of nitrogens with two attached hydrogens (primary N) is 2. The third kappa shape index (κ3) is 3.75. The Kier molecular flexibility index (Phi) is 6.74. The van der Waals surface area contributed by atoms with Gasteiger partial charge in [0, 0.05) is 15.5 Å². The van der Waals surface area contributed by atoms with Gasteiger partial charge < -0.3 is 11.5 Å². The van der Waals surface area contributed by atoms with Crippen LogP contribution in [0.15, 0.2) is 22.7 Å². The minimum Gasteiger partial charge on any atom is -0.330 e. The first-order valence-corrected chi connectivity index (χ1v) is 5.23. The van der Waals surface area contributed by atoms with Gasteiger partial charge in [0.2, 0.25) is 0 Å². The van der Waals surface area contributed by atoms with E-state index in [2.05, 4.69) is 15.9 Å². The largest absolute Gasteiger partial charge is 0.330 e. The lowest BCUT2D eigenvalue weighted by atomic mass is 10.1. The van der Waals surface area contributed by atoms with E-state index in [1.807, 2.05) is 18.2 Å². The van der Waals surface area contributed by atoms with E-state index >= 15 is 0 Å². The van der Waals surface area contributed by atoms with Crippen LogP contribution in [0.1, 0.15) is 18.0 Å². The van der Waals surface area contributed by atoms with E-state index in [1.165, 1.54) is 0 Å². The molecule has 0 aliphatic rings. The third-order valence-electron chi connectivity index (χ3n) is 1.84. The first-order chi connectivity index (χ1) is 6.15. The van der Waals surface area contributed by atoms with Crippen molar-refractivity contribution >= 4 is 39.9 Å². The second-order valence-electron chi connectivity index (χ2n) is 2.85. The summed E-state index contributed by atoms with van der Waals surface area (Å²) in [7, 11) is 0. The van der Waals surface area contributed by atoms with E-state index in [-0.39, 0.29) is 18.4 Å². The molecule has 1 aromatic rings. The van der Waals surface area contributed by atoms with Gasteiger partial charge in [-0.25, -0.2) is 0 Å². The number of benzene rings is 1. The lowest BCUT2D eigenvalue weighted by molar-refractivity contribution is 0.661. The number of hydrogen-bond acceptors (Lipinski definition) is 2. The topological polar surface area (TPSA) is 52.0 Å². The molecule has 0 saturated carbocycles. The Labute approximate surface area is 104 Å². The predicted molar refractivity (Wildman–Crippen MR) is 67.0 cm³/mol. The molecule has 80 valence electrons. The molecule has 5 heteroatoms. The molecule has 1 rings (SSSR count). The molecule has 0 aliphatic heterocycles. The quantitative estimate of drug-likeness (QED) is 0.902. The van der Waals surface area contributed by atoms with Gasteiger partial charge in [-0.2, -0.15) is 0 Å². The average Bonchev–Trinajstić information content (AvgIpc) is 2.09. The van der Waals surface area contributed by atoms with Crippen LogP contribution in [0.4, 0.5) is 0 Å². The highest BCUT2D eigenvalue weighted by molar-refractivity contribution is 9.10. The Morgan fingerprint density at radius 2 is 2.07 bits per heavy atom. The van der Waals surface area contributed by atoms with Gasteiger partial charge in [-0.15, -0.1) is 12.4 Å². The second-order valence-corrected chi connectivity index (χ2v) is 4.17. The molecule has 0 saturated heterocycles. The van der Waals surface area contributed by atoms with Gasteiger partial charge in [0.15, 0.2) is 0 Å². The Balaban J connectivity index is 0.00000169. The Hall–Kier alpha value is 0.200. The van der Waals surface area contributed by atoms with Crippen LogP contribution in [0, 0.1) is 0 Å². The summed E-state index contributed by atoms with van der Waals surface area (Å²) in [6.45, 7) is 0.573. The maximum Gasteiger partial charge on any atom is 0.0454 e. The standard InChI is InChI=1S/C9H12BrClN2.ClH/c10-6-1-2-8(11)7(5-6)9(13)3-4-12;/h1-2,5,9H,3-4,12-13H2;1H/t9-;/m1./s1. The Morgan fingerprint density at radius 3 is 2.64 bits per heavy atom. The smallest absolute Gasteiger partial charge is 0.0454 e. The summed E-state index contributed by atoms with van der Waals surface area (Å²) in [5.74, 6) is 0. The van der Waals surface area contributed by atoms with Crippen molar-refractivity contribution in [2.45, 2.75) is 12.5 Å². The van der Waals surface area contributed by atoms with E-state index in [1.54, 1.807) is 0 Å². The molecule has 14 heavy (non-hydrogen) atoms. The molecular weight excluding hydrogens is 287 g/mol. The highest BCUT2D eigenvalue weighted by Gasteiger charge is 2.09. The minimum absolute atomic E-state index is 0. The molecule has 0 bridgehead atoms. The number of rotatable bonds is 3. The molecule has 0 aliphatic carbocycles. The van der Waals surface area contributed by atoms with Gasteiger partial charge in [0.25, 0.3) is 0 Å². The van der Waals surface area contributed by atoms with Gasteiger partial charge in [-0.05, 0) is 36.7 Å². The van der Waals surface area contributed by atoms with E-state index in [0.29, 0.717) is 11.6 Å². The van der Waals surface area contributed by atoms with Crippen LogP contribution in [0.5, 0.6) is 0 Å². The number of halogens is 3. The van der Waals surface area contributed by atoms with Gasteiger partial charge >= 0.3 is 0 Å². The zero-order chi connectivity index (χ0) is 9.84. The van der Waals surface area contributed by atoms with Crippen molar-refractivity contribution in [1.29, 1.82) is 0 Å². The molecule has 0 amide bonds. The fourth-order valence-corrected chi connectivity index (χ4v) is 1.77. The van der Waals surface area contributed by atoms with Crippen molar-refractivity contribution in [2.24, 2.45) is 11.5 Å². The van der Waals surface area contributed by atoms with Gasteiger partial charge in [0.05, 0.1) is 0 Å². The molecule has 4 N–H and O–H groups in total. The summed E-state index contributed by atoms with van der Waals surface area (Å²) in [5, 5.41) is 0.698. The first kappa shape index (κ1) is 14.2. The van der Waals surface area contributed by atoms with Crippen molar-refractivity contribution in [3.8, 4) is 0 Å². The second kappa shape index (κ2) is 6.64. The molecule has 0 fully saturated rings. The molecular formula is C9H13BrCl2N2. The van der Waals surface area contributed by atoms with Crippen molar-refractivity contribution < 1.29 is 0 Å². The zero-order valence-electron chi connectivity index (χ0n) is 7.54. The SMILES string of the molecule is Cl.NCC[C@@H](N)c1cc(Br)ccc1Cl. The summed E-state index contributed by atoms with van der Waals surface area (Å²) in [4.78, 5) is 0. The predicted octanol–water partition coefficient (Wildman–Crippen LogP) is 2.87. The third-order valence-corrected chi connectivity index (χ3v) is 2.67. The van der Waals surface area contributed by atoms with Crippen molar-refractivity contribution in [3.63, 3.8) is 0 Å². The summed E-state index contributed by atoms with van der Waals surface area (Å²) in [6, 6.07) is 5.58. The van der Waals surface area contributed by atoms with Crippen LogP contribution in [0.2, 0.25) is 5.02 Å². The Bertz CT molecular complexity index is 294. The number of hydrogen-bond donors (Lipinski definition) is 2. The molecule has 0 spiro atoms. The van der Waals surface area contributed by atoms with Crippen LogP contribution in [-0.2, 0) is 0 Å². The van der Waals surface area contributed by atoms with Crippen molar-refractivity contribution in [1.82, 2.24) is 0 Å². The lowest BCUT2D eigenvalue weighted by Crippen LogP contribution is -2.15. The average molecular weight is 300 g/mol. The van der Waals surface area contributed by atoms with E-state index < -0.39 is 0 Å². The maximum atomic E-state index is 5.99. The first-order valence-electron chi connectivity index (χ1n) is 4.05. The molecule has 0 aromatic heterocycles. The molecule has 0 radical (unpaired) electrons. The van der Waals surface area contributed by atoms with Crippen LogP contribution < -0.4 is 11.5 Å². The molecule has 1 atom stereocenters. The summed E-state index contributed by atoms with van der Waals surface area (Å²) < 4.78 is 0.986. The molecule has 0 heterocycles.